The van der Waals surface area contributed by atoms with Crippen LogP contribution in [0.5, 0.6) is 0 Å². The molecule has 0 amide bonds. The number of hydrogen-bond donors (Lipinski definition) is 2. The molecular weight excluding hydrogens is 396 g/mol. The molecule has 0 saturated carbocycles. The largest absolute Gasteiger partial charge is 0.462 e. The smallest absolute Gasteiger partial charge is 0.311 e. The predicted molar refractivity (Wildman–Crippen MR) is 117 cm³/mol. The molecule has 1 saturated heterocycles. The molecule has 0 radical (unpaired) electrons. The molecule has 1 aliphatic heterocycles. The number of allylic oxidation sites excluding steroid dienone is 1. The molecule has 31 heavy (non-hydrogen) atoms. The maximum atomic E-state index is 12.9. The summed E-state index contributed by atoms with van der Waals surface area (Å²) in [5, 5.41) is 20.6. The van der Waals surface area contributed by atoms with Gasteiger partial charge in [-0.25, -0.2) is 0 Å². The summed E-state index contributed by atoms with van der Waals surface area (Å²) >= 11 is 0. The Morgan fingerprint density at radius 2 is 1.97 bits per heavy atom. The zero-order valence-electron chi connectivity index (χ0n) is 19.5. The molecule has 0 aromatic carbocycles. The van der Waals surface area contributed by atoms with E-state index >= 15 is 0 Å². The number of rotatable bonds is 6. The second kappa shape index (κ2) is 9.45. The molecule has 0 aromatic heterocycles. The van der Waals surface area contributed by atoms with Gasteiger partial charge < -0.3 is 19.7 Å². The van der Waals surface area contributed by atoms with Crippen LogP contribution in [-0.4, -0.2) is 46.6 Å². The molecule has 0 bridgehead atoms. The van der Waals surface area contributed by atoms with Gasteiger partial charge in [0.25, 0.3) is 0 Å². The van der Waals surface area contributed by atoms with Crippen molar-refractivity contribution in [2.75, 3.05) is 0 Å². The van der Waals surface area contributed by atoms with Gasteiger partial charge in [0.05, 0.1) is 24.0 Å². The molecule has 6 heteroatoms. The number of cyclic esters (lactones) is 1. The summed E-state index contributed by atoms with van der Waals surface area (Å²) in [6.45, 7) is 9.87. The van der Waals surface area contributed by atoms with Crippen LogP contribution in [0.1, 0.15) is 73.1 Å². The molecule has 0 spiro atoms. The first kappa shape index (κ1) is 24.0. The minimum Gasteiger partial charge on any atom is -0.462 e. The first-order chi connectivity index (χ1) is 14.5. The highest BCUT2D eigenvalue weighted by Gasteiger charge is 2.45. The standard InChI is InChI=1S/C25H38O6/c1-6-25(4,5)24(29)31-21-10-14(2)9-16-11-20(27)15(3)19(23(16)21)8-7-18-12-17(26)13-22(28)30-18/h9,11,15,17-21,23,26-27H,6-8,10,12-13H2,1-5H3/t15-,17-,18-,19+,20-,21+,23+/m1/s1. The minimum atomic E-state index is -0.652. The Balaban J connectivity index is 1.81. The Hall–Kier alpha value is -1.66. The van der Waals surface area contributed by atoms with Gasteiger partial charge in [0.15, 0.2) is 0 Å². The third kappa shape index (κ3) is 5.40. The molecule has 1 heterocycles. The summed E-state index contributed by atoms with van der Waals surface area (Å²) in [5.74, 6) is -0.463. The summed E-state index contributed by atoms with van der Waals surface area (Å²) in [6.07, 6.45) is 5.47. The molecule has 2 N–H and O–H groups in total. The van der Waals surface area contributed by atoms with Gasteiger partial charge in [-0.1, -0.05) is 31.6 Å². The lowest BCUT2D eigenvalue weighted by molar-refractivity contribution is -0.165. The number of carbonyl (C=O) groups is 2. The van der Waals surface area contributed by atoms with E-state index < -0.39 is 17.6 Å². The number of esters is 2. The van der Waals surface area contributed by atoms with Crippen molar-refractivity contribution >= 4 is 11.9 Å². The Morgan fingerprint density at radius 3 is 2.61 bits per heavy atom. The highest BCUT2D eigenvalue weighted by atomic mass is 16.6. The van der Waals surface area contributed by atoms with Crippen LogP contribution in [0, 0.1) is 23.2 Å². The lowest BCUT2D eigenvalue weighted by Gasteiger charge is -2.45. The van der Waals surface area contributed by atoms with Crippen LogP contribution in [0.15, 0.2) is 23.3 Å². The summed E-state index contributed by atoms with van der Waals surface area (Å²) in [4.78, 5) is 24.6. The second-order valence-corrected chi connectivity index (χ2v) is 10.4. The first-order valence-electron chi connectivity index (χ1n) is 11.7. The Morgan fingerprint density at radius 1 is 1.26 bits per heavy atom. The van der Waals surface area contributed by atoms with Crippen molar-refractivity contribution in [3.63, 3.8) is 0 Å². The molecule has 7 atom stereocenters. The van der Waals surface area contributed by atoms with Crippen LogP contribution < -0.4 is 0 Å². The number of ether oxygens (including phenoxy) is 2. The molecule has 1 fully saturated rings. The van der Waals surface area contributed by atoms with Crippen molar-refractivity contribution in [1.29, 1.82) is 0 Å². The van der Waals surface area contributed by atoms with Crippen molar-refractivity contribution < 1.29 is 29.3 Å². The van der Waals surface area contributed by atoms with Crippen molar-refractivity contribution in [3.05, 3.63) is 23.3 Å². The third-order valence-electron chi connectivity index (χ3n) is 7.51. The molecule has 2 aliphatic carbocycles. The fourth-order valence-corrected chi connectivity index (χ4v) is 5.13. The lowest BCUT2D eigenvalue weighted by atomic mass is 9.64. The summed E-state index contributed by atoms with van der Waals surface area (Å²) in [6, 6.07) is 0. The molecular formula is C25H38O6. The van der Waals surface area contributed by atoms with E-state index in [0.717, 1.165) is 17.6 Å². The number of aliphatic hydroxyl groups is 2. The Bertz CT molecular complexity index is 751. The third-order valence-corrected chi connectivity index (χ3v) is 7.51. The number of carbonyl (C=O) groups excluding carboxylic acids is 2. The van der Waals surface area contributed by atoms with Crippen LogP contribution in [0.3, 0.4) is 0 Å². The van der Waals surface area contributed by atoms with E-state index in [9.17, 15) is 19.8 Å². The number of aliphatic hydroxyl groups excluding tert-OH is 2. The van der Waals surface area contributed by atoms with Gasteiger partial charge in [0.1, 0.15) is 12.2 Å². The average molecular weight is 435 g/mol. The van der Waals surface area contributed by atoms with E-state index in [-0.39, 0.29) is 48.3 Å². The van der Waals surface area contributed by atoms with Crippen LogP contribution in [0.2, 0.25) is 0 Å². The minimum absolute atomic E-state index is 0.00271. The maximum Gasteiger partial charge on any atom is 0.311 e. The molecule has 0 unspecified atom stereocenters. The van der Waals surface area contributed by atoms with Crippen LogP contribution in [0.4, 0.5) is 0 Å². The van der Waals surface area contributed by atoms with Gasteiger partial charge in [-0.15, -0.1) is 0 Å². The molecule has 6 nitrogen and oxygen atoms in total. The zero-order valence-corrected chi connectivity index (χ0v) is 19.5. The van der Waals surface area contributed by atoms with E-state index in [2.05, 4.69) is 6.08 Å². The van der Waals surface area contributed by atoms with Crippen molar-refractivity contribution in [1.82, 2.24) is 0 Å². The molecule has 0 aromatic rings. The molecule has 3 aliphatic rings. The van der Waals surface area contributed by atoms with Gasteiger partial charge >= 0.3 is 11.9 Å². The quantitative estimate of drug-likeness (QED) is 0.619. The average Bonchev–Trinajstić information content (AvgIpc) is 2.67. The van der Waals surface area contributed by atoms with Gasteiger partial charge in [-0.2, -0.15) is 0 Å². The second-order valence-electron chi connectivity index (χ2n) is 10.4. The zero-order chi connectivity index (χ0) is 22.9. The van der Waals surface area contributed by atoms with E-state index in [1.165, 1.54) is 0 Å². The van der Waals surface area contributed by atoms with E-state index in [1.54, 1.807) is 0 Å². The van der Waals surface area contributed by atoms with E-state index in [1.807, 2.05) is 40.7 Å². The summed E-state index contributed by atoms with van der Waals surface area (Å²) in [5.41, 5.74) is 1.63. The molecule has 174 valence electrons. The predicted octanol–water partition coefficient (Wildman–Crippen LogP) is 3.70. The van der Waals surface area contributed by atoms with E-state index in [0.29, 0.717) is 25.7 Å². The highest BCUT2D eigenvalue weighted by Crippen LogP contribution is 2.46. The molecule has 3 rings (SSSR count). The number of fused-ring (bicyclic) bond motifs is 1. The normalized spacial score (nSPS) is 36.1. The lowest BCUT2D eigenvalue weighted by Crippen LogP contribution is -2.45. The van der Waals surface area contributed by atoms with Crippen molar-refractivity contribution in [3.8, 4) is 0 Å². The van der Waals surface area contributed by atoms with Crippen LogP contribution >= 0.6 is 0 Å². The maximum absolute atomic E-state index is 12.9. The van der Waals surface area contributed by atoms with Crippen molar-refractivity contribution in [2.24, 2.45) is 23.2 Å². The number of hydrogen-bond acceptors (Lipinski definition) is 6. The fourth-order valence-electron chi connectivity index (χ4n) is 5.13. The summed E-state index contributed by atoms with van der Waals surface area (Å²) in [7, 11) is 0. The van der Waals surface area contributed by atoms with Crippen LogP contribution in [0.25, 0.3) is 0 Å². The fraction of sp³-hybridized carbons (Fsp3) is 0.760. The topological polar surface area (TPSA) is 93.1 Å². The van der Waals surface area contributed by atoms with Gasteiger partial charge in [0, 0.05) is 18.8 Å². The van der Waals surface area contributed by atoms with Gasteiger partial charge in [0.2, 0.25) is 0 Å². The first-order valence-corrected chi connectivity index (χ1v) is 11.7. The van der Waals surface area contributed by atoms with Crippen molar-refractivity contribution in [2.45, 2.75) is 97.6 Å². The Labute approximate surface area is 185 Å². The summed E-state index contributed by atoms with van der Waals surface area (Å²) < 4.78 is 11.5. The monoisotopic (exact) mass is 434 g/mol. The van der Waals surface area contributed by atoms with Gasteiger partial charge in [-0.05, 0) is 57.4 Å². The van der Waals surface area contributed by atoms with E-state index in [4.69, 9.17) is 9.47 Å². The van der Waals surface area contributed by atoms with Crippen LogP contribution in [-0.2, 0) is 19.1 Å². The highest BCUT2D eigenvalue weighted by molar-refractivity contribution is 5.76. The Kier molecular flexibility index (Phi) is 7.32. The SMILES string of the molecule is CCC(C)(C)C(=O)O[C@H]1CC(C)=CC2=C[C@@H](O)[C@H](C)[C@H](CC[C@@H]3C[C@@H](O)CC(=O)O3)[C@H]21. The van der Waals surface area contributed by atoms with Gasteiger partial charge in [-0.3, -0.25) is 9.59 Å².